The number of amides is 1. The second-order valence-corrected chi connectivity index (χ2v) is 5.62. The van der Waals surface area contributed by atoms with E-state index in [1.165, 1.54) is 31.4 Å². The highest BCUT2D eigenvalue weighted by Gasteiger charge is 2.18. The standard InChI is InChI=1S/C17H26N2O/c1-3-19(4-2)16-11-9-15(10-12-16)18-17(20)13-14-7-5-6-8-14/h9-12,14H,3-8,13H2,1-2H3,(H,18,20). The molecule has 0 unspecified atom stereocenters. The lowest BCUT2D eigenvalue weighted by Crippen LogP contribution is -2.21. The third-order valence-corrected chi connectivity index (χ3v) is 4.23. The predicted octanol–water partition coefficient (Wildman–Crippen LogP) is 4.05. The van der Waals surface area contributed by atoms with Gasteiger partial charge >= 0.3 is 0 Å². The van der Waals surface area contributed by atoms with Crippen LogP contribution in [-0.2, 0) is 4.79 Å². The number of anilines is 2. The number of nitrogens with one attached hydrogen (secondary N) is 1. The lowest BCUT2D eigenvalue weighted by Gasteiger charge is -2.21. The minimum atomic E-state index is 0.160. The van der Waals surface area contributed by atoms with Crippen LogP contribution in [0, 0.1) is 5.92 Å². The van der Waals surface area contributed by atoms with Crippen LogP contribution in [0.15, 0.2) is 24.3 Å². The lowest BCUT2D eigenvalue weighted by molar-refractivity contribution is -0.117. The minimum absolute atomic E-state index is 0.160. The van der Waals surface area contributed by atoms with Crippen LogP contribution in [0.25, 0.3) is 0 Å². The molecule has 110 valence electrons. The summed E-state index contributed by atoms with van der Waals surface area (Å²) >= 11 is 0. The van der Waals surface area contributed by atoms with Crippen LogP contribution in [0.3, 0.4) is 0 Å². The molecule has 3 nitrogen and oxygen atoms in total. The van der Waals surface area contributed by atoms with Crippen molar-refractivity contribution in [3.63, 3.8) is 0 Å². The second-order valence-electron chi connectivity index (χ2n) is 5.62. The van der Waals surface area contributed by atoms with Crippen LogP contribution in [-0.4, -0.2) is 19.0 Å². The van der Waals surface area contributed by atoms with E-state index in [0.717, 1.165) is 18.8 Å². The van der Waals surface area contributed by atoms with Gasteiger partial charge in [0.05, 0.1) is 0 Å². The number of carbonyl (C=O) groups is 1. The van der Waals surface area contributed by atoms with Crippen LogP contribution >= 0.6 is 0 Å². The first-order chi connectivity index (χ1) is 9.72. The first-order valence-corrected chi connectivity index (χ1v) is 7.87. The van der Waals surface area contributed by atoms with E-state index in [1.807, 2.05) is 12.1 Å². The van der Waals surface area contributed by atoms with Crippen molar-refractivity contribution in [3.8, 4) is 0 Å². The van der Waals surface area contributed by atoms with Gasteiger partial charge in [-0.25, -0.2) is 0 Å². The van der Waals surface area contributed by atoms with Crippen molar-refractivity contribution in [1.82, 2.24) is 0 Å². The van der Waals surface area contributed by atoms with E-state index in [4.69, 9.17) is 0 Å². The molecule has 3 heteroatoms. The third-order valence-electron chi connectivity index (χ3n) is 4.23. The summed E-state index contributed by atoms with van der Waals surface area (Å²) in [6.45, 7) is 6.31. The van der Waals surface area contributed by atoms with Gasteiger partial charge in [-0.3, -0.25) is 4.79 Å². The molecule has 1 fully saturated rings. The molecule has 0 radical (unpaired) electrons. The number of carbonyl (C=O) groups excluding carboxylic acids is 1. The van der Waals surface area contributed by atoms with Gasteiger partial charge < -0.3 is 10.2 Å². The average Bonchev–Trinajstić information content (AvgIpc) is 2.94. The Labute approximate surface area is 122 Å². The van der Waals surface area contributed by atoms with Crippen molar-refractivity contribution >= 4 is 17.3 Å². The van der Waals surface area contributed by atoms with Crippen molar-refractivity contribution in [2.45, 2.75) is 46.0 Å². The molecule has 0 bridgehead atoms. The number of hydrogen-bond donors (Lipinski definition) is 1. The molecule has 1 saturated carbocycles. The Bertz CT molecular complexity index is 417. The second kappa shape index (κ2) is 7.32. The maximum Gasteiger partial charge on any atom is 0.224 e. The largest absolute Gasteiger partial charge is 0.372 e. The van der Waals surface area contributed by atoms with Crippen LogP contribution in [0.2, 0.25) is 0 Å². The first kappa shape index (κ1) is 14.9. The quantitative estimate of drug-likeness (QED) is 0.848. The van der Waals surface area contributed by atoms with Gasteiger partial charge in [0.15, 0.2) is 0 Å². The molecule has 1 aliphatic rings. The summed E-state index contributed by atoms with van der Waals surface area (Å²) in [5, 5.41) is 3.01. The third kappa shape index (κ3) is 3.99. The van der Waals surface area contributed by atoms with E-state index in [1.54, 1.807) is 0 Å². The predicted molar refractivity (Wildman–Crippen MR) is 85.2 cm³/mol. The number of rotatable bonds is 6. The average molecular weight is 274 g/mol. The molecular formula is C17H26N2O. The number of hydrogen-bond acceptors (Lipinski definition) is 2. The minimum Gasteiger partial charge on any atom is -0.372 e. The van der Waals surface area contributed by atoms with Gasteiger partial charge in [0, 0.05) is 30.9 Å². The molecule has 20 heavy (non-hydrogen) atoms. The topological polar surface area (TPSA) is 32.3 Å². The van der Waals surface area contributed by atoms with E-state index < -0.39 is 0 Å². The maximum atomic E-state index is 12.0. The molecule has 1 N–H and O–H groups in total. The van der Waals surface area contributed by atoms with Crippen molar-refractivity contribution < 1.29 is 4.79 Å². The fourth-order valence-electron chi connectivity index (χ4n) is 3.03. The molecule has 2 rings (SSSR count). The zero-order valence-electron chi connectivity index (χ0n) is 12.7. The Morgan fingerprint density at radius 1 is 1.15 bits per heavy atom. The van der Waals surface area contributed by atoms with Crippen molar-refractivity contribution in [3.05, 3.63) is 24.3 Å². The molecule has 1 amide bonds. The van der Waals surface area contributed by atoms with Gasteiger partial charge in [0.1, 0.15) is 0 Å². The Hall–Kier alpha value is -1.51. The summed E-state index contributed by atoms with van der Waals surface area (Å²) in [4.78, 5) is 14.3. The van der Waals surface area contributed by atoms with Gasteiger partial charge in [-0.1, -0.05) is 12.8 Å². The first-order valence-electron chi connectivity index (χ1n) is 7.87. The van der Waals surface area contributed by atoms with Crippen LogP contribution in [0.4, 0.5) is 11.4 Å². The SMILES string of the molecule is CCN(CC)c1ccc(NC(=O)CC2CCCC2)cc1. The smallest absolute Gasteiger partial charge is 0.224 e. The summed E-state index contributed by atoms with van der Waals surface area (Å²) in [5.41, 5.74) is 2.12. The highest BCUT2D eigenvalue weighted by atomic mass is 16.1. The lowest BCUT2D eigenvalue weighted by atomic mass is 10.0. The monoisotopic (exact) mass is 274 g/mol. The van der Waals surface area contributed by atoms with E-state index in [0.29, 0.717) is 12.3 Å². The van der Waals surface area contributed by atoms with Crippen LogP contribution in [0.5, 0.6) is 0 Å². The molecule has 0 spiro atoms. The van der Waals surface area contributed by atoms with Crippen molar-refractivity contribution in [1.29, 1.82) is 0 Å². The van der Waals surface area contributed by atoms with Gasteiger partial charge in [-0.05, 0) is 56.9 Å². The Kier molecular flexibility index (Phi) is 5.45. The van der Waals surface area contributed by atoms with Crippen LogP contribution < -0.4 is 10.2 Å². The van der Waals surface area contributed by atoms with E-state index in [2.05, 4.69) is 36.2 Å². The van der Waals surface area contributed by atoms with Crippen molar-refractivity contribution in [2.24, 2.45) is 5.92 Å². The van der Waals surface area contributed by atoms with E-state index >= 15 is 0 Å². The van der Waals surface area contributed by atoms with Gasteiger partial charge in [0.2, 0.25) is 5.91 Å². The molecule has 1 aromatic carbocycles. The van der Waals surface area contributed by atoms with Crippen molar-refractivity contribution in [2.75, 3.05) is 23.3 Å². The fourth-order valence-corrected chi connectivity index (χ4v) is 3.03. The Morgan fingerprint density at radius 3 is 2.30 bits per heavy atom. The molecule has 0 heterocycles. The summed E-state index contributed by atoms with van der Waals surface area (Å²) in [5.74, 6) is 0.762. The maximum absolute atomic E-state index is 12.0. The van der Waals surface area contributed by atoms with E-state index in [9.17, 15) is 4.79 Å². The Balaban J connectivity index is 1.87. The molecule has 0 aromatic heterocycles. The fraction of sp³-hybridized carbons (Fsp3) is 0.588. The molecule has 1 aliphatic carbocycles. The molecule has 0 aliphatic heterocycles. The zero-order valence-corrected chi connectivity index (χ0v) is 12.7. The highest BCUT2D eigenvalue weighted by molar-refractivity contribution is 5.91. The van der Waals surface area contributed by atoms with Gasteiger partial charge in [-0.2, -0.15) is 0 Å². The summed E-state index contributed by atoms with van der Waals surface area (Å²) in [7, 11) is 0. The summed E-state index contributed by atoms with van der Waals surface area (Å²) in [6, 6.07) is 8.16. The Morgan fingerprint density at radius 2 is 1.75 bits per heavy atom. The van der Waals surface area contributed by atoms with Gasteiger partial charge in [0.25, 0.3) is 0 Å². The molecule has 0 atom stereocenters. The number of nitrogens with zero attached hydrogens (tertiary/aromatic N) is 1. The number of benzene rings is 1. The van der Waals surface area contributed by atoms with Crippen LogP contribution in [0.1, 0.15) is 46.0 Å². The van der Waals surface area contributed by atoms with Gasteiger partial charge in [-0.15, -0.1) is 0 Å². The molecular weight excluding hydrogens is 248 g/mol. The molecule has 0 saturated heterocycles. The zero-order chi connectivity index (χ0) is 14.4. The van der Waals surface area contributed by atoms with E-state index in [-0.39, 0.29) is 5.91 Å². The summed E-state index contributed by atoms with van der Waals surface area (Å²) in [6.07, 6.45) is 5.69. The highest BCUT2D eigenvalue weighted by Crippen LogP contribution is 2.28. The molecule has 1 aromatic rings. The normalized spacial score (nSPS) is 15.3. The summed E-state index contributed by atoms with van der Waals surface area (Å²) < 4.78 is 0.